The Morgan fingerprint density at radius 3 is 2.47 bits per heavy atom. The van der Waals surface area contributed by atoms with Gasteiger partial charge in [-0.3, -0.25) is 24.5 Å². The molecule has 1 unspecified atom stereocenters. The third-order valence-corrected chi connectivity index (χ3v) is 6.37. The maximum absolute atomic E-state index is 13.6. The zero-order chi connectivity index (χ0) is 24.2. The van der Waals surface area contributed by atoms with Crippen LogP contribution < -0.4 is 9.64 Å². The van der Waals surface area contributed by atoms with E-state index in [9.17, 15) is 24.5 Å². The van der Waals surface area contributed by atoms with Crippen LogP contribution in [0.2, 0.25) is 0 Å². The van der Waals surface area contributed by atoms with Crippen LogP contribution in [-0.4, -0.2) is 46.2 Å². The SMILES string of the molecule is CCOc1ccc(N2C(=O)CC(N(C(=O)c3cccc([N+](=O)[O-])c3)C3CCCCC3)C2=O)cc1. The zero-order valence-electron chi connectivity index (χ0n) is 19.0. The predicted molar refractivity (Wildman–Crippen MR) is 125 cm³/mol. The van der Waals surface area contributed by atoms with Crippen molar-refractivity contribution in [1.29, 1.82) is 0 Å². The fourth-order valence-corrected chi connectivity index (χ4v) is 4.79. The summed E-state index contributed by atoms with van der Waals surface area (Å²) >= 11 is 0. The molecule has 1 heterocycles. The van der Waals surface area contributed by atoms with E-state index in [4.69, 9.17) is 4.74 Å². The quantitative estimate of drug-likeness (QED) is 0.346. The number of ether oxygens (including phenoxy) is 1. The standard InChI is InChI=1S/C25H27N3O6/c1-2-34-21-13-11-19(12-14-21)27-23(29)16-22(25(27)31)26(18-8-4-3-5-9-18)24(30)17-7-6-10-20(15-17)28(32)33/h6-7,10-15,18,22H,2-5,8-9,16H2,1H3. The number of non-ortho nitro benzene ring substituents is 1. The van der Waals surface area contributed by atoms with E-state index in [0.717, 1.165) is 37.0 Å². The van der Waals surface area contributed by atoms with Gasteiger partial charge in [-0.05, 0) is 50.1 Å². The molecule has 1 saturated heterocycles. The lowest BCUT2D eigenvalue weighted by Crippen LogP contribution is -2.51. The number of amides is 3. The van der Waals surface area contributed by atoms with Gasteiger partial charge in [0.25, 0.3) is 17.5 Å². The van der Waals surface area contributed by atoms with Gasteiger partial charge in [-0.1, -0.05) is 25.3 Å². The van der Waals surface area contributed by atoms with E-state index < -0.39 is 22.8 Å². The van der Waals surface area contributed by atoms with Crippen LogP contribution in [0.4, 0.5) is 11.4 Å². The summed E-state index contributed by atoms with van der Waals surface area (Å²) in [5.41, 5.74) is 0.367. The minimum Gasteiger partial charge on any atom is -0.494 e. The third-order valence-electron chi connectivity index (χ3n) is 6.37. The topological polar surface area (TPSA) is 110 Å². The van der Waals surface area contributed by atoms with Crippen molar-refractivity contribution in [2.45, 2.75) is 57.5 Å². The van der Waals surface area contributed by atoms with Crippen molar-refractivity contribution in [1.82, 2.24) is 4.90 Å². The highest BCUT2D eigenvalue weighted by Gasteiger charge is 2.46. The zero-order valence-corrected chi connectivity index (χ0v) is 19.0. The number of nitrogens with zero attached hydrogens (tertiary/aromatic N) is 3. The highest BCUT2D eigenvalue weighted by molar-refractivity contribution is 6.23. The summed E-state index contributed by atoms with van der Waals surface area (Å²) < 4.78 is 5.43. The number of carbonyl (C=O) groups excluding carboxylic acids is 3. The van der Waals surface area contributed by atoms with Gasteiger partial charge in [0.15, 0.2) is 0 Å². The van der Waals surface area contributed by atoms with E-state index in [2.05, 4.69) is 0 Å². The molecule has 0 aromatic heterocycles. The van der Waals surface area contributed by atoms with Gasteiger partial charge in [0.05, 0.1) is 23.6 Å². The van der Waals surface area contributed by atoms with E-state index in [1.165, 1.54) is 29.2 Å². The number of nitro benzene ring substituents is 1. The van der Waals surface area contributed by atoms with E-state index >= 15 is 0 Å². The Hall–Kier alpha value is -3.75. The maximum atomic E-state index is 13.6. The van der Waals surface area contributed by atoms with E-state index in [1.807, 2.05) is 6.92 Å². The van der Waals surface area contributed by atoms with Gasteiger partial charge in [-0.25, -0.2) is 4.90 Å². The van der Waals surface area contributed by atoms with Crippen LogP contribution in [0.3, 0.4) is 0 Å². The lowest BCUT2D eigenvalue weighted by molar-refractivity contribution is -0.384. The van der Waals surface area contributed by atoms with E-state index in [1.54, 1.807) is 24.3 Å². The Balaban J connectivity index is 1.65. The van der Waals surface area contributed by atoms with Crippen LogP contribution in [0.25, 0.3) is 0 Å². The Labute approximate surface area is 197 Å². The highest BCUT2D eigenvalue weighted by atomic mass is 16.6. The van der Waals surface area contributed by atoms with Crippen molar-refractivity contribution in [2.24, 2.45) is 0 Å². The Morgan fingerprint density at radius 1 is 1.12 bits per heavy atom. The van der Waals surface area contributed by atoms with Crippen molar-refractivity contribution in [3.63, 3.8) is 0 Å². The van der Waals surface area contributed by atoms with E-state index in [0.29, 0.717) is 18.0 Å². The number of benzene rings is 2. The molecule has 0 radical (unpaired) electrons. The van der Waals surface area contributed by atoms with Crippen LogP contribution in [0.1, 0.15) is 55.8 Å². The molecule has 0 bridgehead atoms. The molecule has 178 valence electrons. The summed E-state index contributed by atoms with van der Waals surface area (Å²) in [6, 6.07) is 11.0. The molecule has 4 rings (SSSR count). The molecule has 2 aliphatic rings. The second-order valence-corrected chi connectivity index (χ2v) is 8.53. The monoisotopic (exact) mass is 465 g/mol. The summed E-state index contributed by atoms with van der Waals surface area (Å²) in [6.45, 7) is 2.36. The van der Waals surface area contributed by atoms with Crippen LogP contribution in [0.5, 0.6) is 5.75 Å². The molecule has 9 heteroatoms. The number of imide groups is 1. The molecule has 1 saturated carbocycles. The van der Waals surface area contributed by atoms with Gasteiger partial charge in [0, 0.05) is 23.7 Å². The molecule has 3 amide bonds. The second-order valence-electron chi connectivity index (χ2n) is 8.53. The van der Waals surface area contributed by atoms with Crippen molar-refractivity contribution in [2.75, 3.05) is 11.5 Å². The first kappa shape index (κ1) is 23.4. The van der Waals surface area contributed by atoms with Gasteiger partial charge in [0.1, 0.15) is 11.8 Å². The molecular formula is C25H27N3O6. The molecular weight excluding hydrogens is 438 g/mol. The van der Waals surface area contributed by atoms with Gasteiger partial charge in [-0.2, -0.15) is 0 Å². The molecule has 2 aromatic rings. The maximum Gasteiger partial charge on any atom is 0.270 e. The number of hydrogen-bond acceptors (Lipinski definition) is 6. The van der Waals surface area contributed by atoms with Crippen LogP contribution in [-0.2, 0) is 9.59 Å². The molecule has 34 heavy (non-hydrogen) atoms. The summed E-state index contributed by atoms with van der Waals surface area (Å²) in [6.07, 6.45) is 4.21. The van der Waals surface area contributed by atoms with Crippen molar-refractivity contribution >= 4 is 29.1 Å². The average Bonchev–Trinajstić information content (AvgIpc) is 3.14. The molecule has 0 N–H and O–H groups in total. The summed E-state index contributed by atoms with van der Waals surface area (Å²) in [7, 11) is 0. The minimum absolute atomic E-state index is 0.122. The number of nitro groups is 1. The first-order chi connectivity index (χ1) is 16.4. The van der Waals surface area contributed by atoms with Crippen LogP contribution in [0, 0.1) is 10.1 Å². The number of hydrogen-bond donors (Lipinski definition) is 0. The lowest BCUT2D eigenvalue weighted by Gasteiger charge is -2.37. The molecule has 1 aliphatic carbocycles. The van der Waals surface area contributed by atoms with E-state index in [-0.39, 0.29) is 29.6 Å². The Kier molecular flexibility index (Phi) is 6.90. The molecule has 0 spiro atoms. The largest absolute Gasteiger partial charge is 0.494 e. The first-order valence-electron chi connectivity index (χ1n) is 11.6. The van der Waals surface area contributed by atoms with Gasteiger partial charge in [-0.15, -0.1) is 0 Å². The van der Waals surface area contributed by atoms with Crippen LogP contribution in [0.15, 0.2) is 48.5 Å². The van der Waals surface area contributed by atoms with Crippen LogP contribution >= 0.6 is 0 Å². The highest BCUT2D eigenvalue weighted by Crippen LogP contribution is 2.33. The Morgan fingerprint density at radius 2 is 1.82 bits per heavy atom. The first-order valence-corrected chi connectivity index (χ1v) is 11.6. The van der Waals surface area contributed by atoms with Crippen molar-refractivity contribution < 1.29 is 24.0 Å². The van der Waals surface area contributed by atoms with Gasteiger partial charge in [0.2, 0.25) is 5.91 Å². The molecule has 2 aromatic carbocycles. The Bertz CT molecular complexity index is 1090. The fourth-order valence-electron chi connectivity index (χ4n) is 4.79. The molecule has 9 nitrogen and oxygen atoms in total. The number of anilines is 1. The minimum atomic E-state index is -0.950. The summed E-state index contributed by atoms with van der Waals surface area (Å²) in [4.78, 5) is 53.4. The van der Waals surface area contributed by atoms with Crippen molar-refractivity contribution in [3.05, 3.63) is 64.2 Å². The molecule has 1 atom stereocenters. The fraction of sp³-hybridized carbons (Fsp3) is 0.400. The van der Waals surface area contributed by atoms with Crippen molar-refractivity contribution in [3.8, 4) is 5.75 Å². The normalized spacial score (nSPS) is 18.7. The summed E-state index contributed by atoms with van der Waals surface area (Å²) in [5.74, 6) is -0.674. The van der Waals surface area contributed by atoms with Gasteiger partial charge >= 0.3 is 0 Å². The predicted octanol–water partition coefficient (Wildman–Crippen LogP) is 4.10. The third kappa shape index (κ3) is 4.64. The lowest BCUT2D eigenvalue weighted by atomic mass is 9.92. The average molecular weight is 466 g/mol. The van der Waals surface area contributed by atoms with Gasteiger partial charge < -0.3 is 9.64 Å². The second kappa shape index (κ2) is 10.0. The molecule has 2 fully saturated rings. The number of rotatable bonds is 7. The summed E-state index contributed by atoms with van der Waals surface area (Å²) in [5, 5.41) is 11.2. The molecule has 1 aliphatic heterocycles. The number of carbonyl (C=O) groups is 3. The smallest absolute Gasteiger partial charge is 0.270 e.